The molecule has 0 aliphatic heterocycles. The molecule has 0 fully saturated rings. The molecule has 0 aliphatic rings. The van der Waals surface area contributed by atoms with Gasteiger partial charge in [0.2, 0.25) is 0 Å². The van der Waals surface area contributed by atoms with Crippen molar-refractivity contribution in [2.24, 2.45) is 0 Å². The van der Waals surface area contributed by atoms with Crippen molar-refractivity contribution in [1.82, 2.24) is 5.32 Å². The summed E-state index contributed by atoms with van der Waals surface area (Å²) in [6.45, 7) is 2.27. The highest BCUT2D eigenvalue weighted by Gasteiger charge is 2.01. The first-order valence-corrected chi connectivity index (χ1v) is 5.75. The van der Waals surface area contributed by atoms with Crippen molar-refractivity contribution < 1.29 is 9.13 Å². The fourth-order valence-corrected chi connectivity index (χ4v) is 1.58. The highest BCUT2D eigenvalue weighted by molar-refractivity contribution is 6.31. The minimum atomic E-state index is -0.249. The van der Waals surface area contributed by atoms with E-state index in [1.165, 1.54) is 12.1 Å². The lowest BCUT2D eigenvalue weighted by atomic mass is 10.2. The summed E-state index contributed by atoms with van der Waals surface area (Å²) in [6, 6.07) is 4.41. The Hall–Kier alpha value is -0.640. The van der Waals surface area contributed by atoms with E-state index in [1.54, 1.807) is 13.2 Å². The average molecular weight is 246 g/mol. The van der Waals surface area contributed by atoms with E-state index in [1.807, 2.05) is 0 Å². The molecule has 1 aromatic carbocycles. The molecule has 0 bridgehead atoms. The first kappa shape index (κ1) is 13.4. The molecule has 0 saturated carbocycles. The Morgan fingerprint density at radius 1 is 1.38 bits per heavy atom. The fourth-order valence-electron chi connectivity index (χ4n) is 1.40. The Balaban J connectivity index is 2.23. The molecule has 0 saturated heterocycles. The van der Waals surface area contributed by atoms with E-state index >= 15 is 0 Å². The third-order valence-corrected chi connectivity index (χ3v) is 2.64. The van der Waals surface area contributed by atoms with Crippen LogP contribution in [0.15, 0.2) is 18.2 Å². The molecular weight excluding hydrogens is 229 g/mol. The molecule has 1 rings (SSSR count). The van der Waals surface area contributed by atoms with Gasteiger partial charge in [-0.2, -0.15) is 0 Å². The van der Waals surface area contributed by atoms with E-state index in [4.69, 9.17) is 16.3 Å². The van der Waals surface area contributed by atoms with E-state index in [0.717, 1.165) is 31.6 Å². The van der Waals surface area contributed by atoms with Crippen LogP contribution in [-0.2, 0) is 11.3 Å². The molecule has 16 heavy (non-hydrogen) atoms. The largest absolute Gasteiger partial charge is 0.385 e. The van der Waals surface area contributed by atoms with Crippen LogP contribution >= 0.6 is 11.6 Å². The van der Waals surface area contributed by atoms with Gasteiger partial charge < -0.3 is 10.1 Å². The van der Waals surface area contributed by atoms with Gasteiger partial charge >= 0.3 is 0 Å². The molecule has 2 nitrogen and oxygen atoms in total. The number of rotatable bonds is 7. The predicted molar refractivity (Wildman–Crippen MR) is 64.2 cm³/mol. The van der Waals surface area contributed by atoms with E-state index in [0.29, 0.717) is 11.6 Å². The summed E-state index contributed by atoms with van der Waals surface area (Å²) < 4.78 is 17.9. The van der Waals surface area contributed by atoms with Gasteiger partial charge in [-0.3, -0.25) is 0 Å². The second-order valence-electron chi connectivity index (χ2n) is 3.61. The highest BCUT2D eigenvalue weighted by Crippen LogP contribution is 2.16. The number of benzene rings is 1. The van der Waals surface area contributed by atoms with Crippen LogP contribution in [0.5, 0.6) is 0 Å². The predicted octanol–water partition coefficient (Wildman–Crippen LogP) is 3.00. The Labute approximate surface area is 101 Å². The number of ether oxygens (including phenoxy) is 1. The summed E-state index contributed by atoms with van der Waals surface area (Å²) in [5.41, 5.74) is 0.799. The zero-order valence-corrected chi connectivity index (χ0v) is 10.2. The van der Waals surface area contributed by atoms with Crippen molar-refractivity contribution in [3.05, 3.63) is 34.6 Å². The van der Waals surface area contributed by atoms with Gasteiger partial charge in [-0.05, 0) is 43.1 Å². The fraction of sp³-hybridized carbons (Fsp3) is 0.500. The molecule has 0 atom stereocenters. The van der Waals surface area contributed by atoms with Crippen molar-refractivity contribution in [2.45, 2.75) is 19.4 Å². The van der Waals surface area contributed by atoms with Crippen LogP contribution in [0.25, 0.3) is 0 Å². The molecule has 0 spiro atoms. The molecule has 4 heteroatoms. The van der Waals surface area contributed by atoms with Crippen molar-refractivity contribution in [3.8, 4) is 0 Å². The first-order valence-electron chi connectivity index (χ1n) is 5.37. The topological polar surface area (TPSA) is 21.3 Å². The van der Waals surface area contributed by atoms with Gasteiger partial charge in [0.1, 0.15) is 5.82 Å². The number of unbranched alkanes of at least 4 members (excludes halogenated alkanes) is 1. The minimum absolute atomic E-state index is 0.249. The summed E-state index contributed by atoms with van der Waals surface area (Å²) in [5, 5.41) is 3.82. The molecule has 0 amide bonds. The van der Waals surface area contributed by atoms with Crippen molar-refractivity contribution in [2.75, 3.05) is 20.3 Å². The summed E-state index contributed by atoms with van der Waals surface area (Å²) in [7, 11) is 1.69. The van der Waals surface area contributed by atoms with E-state index in [-0.39, 0.29) is 5.82 Å². The van der Waals surface area contributed by atoms with Gasteiger partial charge in [-0.1, -0.05) is 11.6 Å². The molecule has 0 aromatic heterocycles. The molecular formula is C12H17ClFNO. The summed E-state index contributed by atoms with van der Waals surface area (Å²) in [4.78, 5) is 0. The second kappa shape index (κ2) is 7.60. The molecule has 0 unspecified atom stereocenters. The van der Waals surface area contributed by atoms with Gasteiger partial charge in [0, 0.05) is 25.3 Å². The number of nitrogens with one attached hydrogen (secondary N) is 1. The second-order valence-corrected chi connectivity index (χ2v) is 4.02. The normalized spacial score (nSPS) is 10.7. The maximum atomic E-state index is 12.9. The Morgan fingerprint density at radius 3 is 2.94 bits per heavy atom. The summed E-state index contributed by atoms with van der Waals surface area (Å²) in [6.07, 6.45) is 2.07. The van der Waals surface area contributed by atoms with E-state index in [2.05, 4.69) is 5.32 Å². The van der Waals surface area contributed by atoms with Crippen LogP contribution in [0.2, 0.25) is 5.02 Å². The van der Waals surface area contributed by atoms with Crippen LogP contribution in [0.3, 0.4) is 0 Å². The van der Waals surface area contributed by atoms with Gasteiger partial charge in [-0.25, -0.2) is 4.39 Å². The lowest BCUT2D eigenvalue weighted by molar-refractivity contribution is 0.192. The molecule has 1 aromatic rings. The van der Waals surface area contributed by atoms with Crippen LogP contribution < -0.4 is 5.32 Å². The molecule has 0 radical (unpaired) electrons. The zero-order valence-electron chi connectivity index (χ0n) is 9.43. The van der Waals surface area contributed by atoms with Crippen molar-refractivity contribution in [3.63, 3.8) is 0 Å². The maximum Gasteiger partial charge on any atom is 0.123 e. The summed E-state index contributed by atoms with van der Waals surface area (Å²) >= 11 is 5.93. The standard InChI is InChI=1S/C12H17ClFNO/c1-16-7-3-2-6-15-9-10-8-11(14)4-5-12(10)13/h4-5,8,15H,2-3,6-7,9H2,1H3. The van der Waals surface area contributed by atoms with E-state index in [9.17, 15) is 4.39 Å². The minimum Gasteiger partial charge on any atom is -0.385 e. The smallest absolute Gasteiger partial charge is 0.123 e. The van der Waals surface area contributed by atoms with Crippen LogP contribution in [0.4, 0.5) is 4.39 Å². The van der Waals surface area contributed by atoms with Gasteiger partial charge in [-0.15, -0.1) is 0 Å². The van der Waals surface area contributed by atoms with Crippen molar-refractivity contribution >= 4 is 11.6 Å². The monoisotopic (exact) mass is 245 g/mol. The SMILES string of the molecule is COCCCCNCc1cc(F)ccc1Cl. The molecule has 90 valence electrons. The van der Waals surface area contributed by atoms with Gasteiger partial charge in [0.15, 0.2) is 0 Å². The first-order chi connectivity index (χ1) is 7.74. The number of hydrogen-bond donors (Lipinski definition) is 1. The van der Waals surface area contributed by atoms with E-state index < -0.39 is 0 Å². The number of hydrogen-bond acceptors (Lipinski definition) is 2. The third kappa shape index (κ3) is 4.92. The van der Waals surface area contributed by atoms with Crippen LogP contribution in [-0.4, -0.2) is 20.3 Å². The molecule has 1 N–H and O–H groups in total. The third-order valence-electron chi connectivity index (χ3n) is 2.28. The Bertz CT molecular complexity index is 320. The number of halogens is 2. The maximum absolute atomic E-state index is 12.9. The average Bonchev–Trinajstić information content (AvgIpc) is 2.28. The lowest BCUT2D eigenvalue weighted by Crippen LogP contribution is -2.15. The van der Waals surface area contributed by atoms with Crippen molar-refractivity contribution in [1.29, 1.82) is 0 Å². The Morgan fingerprint density at radius 2 is 2.19 bits per heavy atom. The zero-order chi connectivity index (χ0) is 11.8. The summed E-state index contributed by atoms with van der Waals surface area (Å²) in [5.74, 6) is -0.249. The van der Waals surface area contributed by atoms with Crippen LogP contribution in [0.1, 0.15) is 18.4 Å². The molecule has 0 aliphatic carbocycles. The van der Waals surface area contributed by atoms with Crippen LogP contribution in [0, 0.1) is 5.82 Å². The highest BCUT2D eigenvalue weighted by atomic mass is 35.5. The quantitative estimate of drug-likeness (QED) is 0.746. The Kier molecular flexibility index (Phi) is 6.38. The number of methoxy groups -OCH3 is 1. The lowest BCUT2D eigenvalue weighted by Gasteiger charge is -2.06. The van der Waals surface area contributed by atoms with Gasteiger partial charge in [0.05, 0.1) is 0 Å². The van der Waals surface area contributed by atoms with Gasteiger partial charge in [0.25, 0.3) is 0 Å². The molecule has 0 heterocycles.